The van der Waals surface area contributed by atoms with E-state index in [0.717, 1.165) is 40.0 Å². The molecule has 0 saturated heterocycles. The van der Waals surface area contributed by atoms with E-state index in [0.29, 0.717) is 33.4 Å². The molecule has 9 aromatic rings. The van der Waals surface area contributed by atoms with Gasteiger partial charge in [0.15, 0.2) is 17.3 Å². The van der Waals surface area contributed by atoms with Crippen molar-refractivity contribution in [3.05, 3.63) is 282 Å². The minimum Gasteiger partial charge on any atom is -0.872 e. The molecule has 0 amide bonds. The smallest absolute Gasteiger partial charge is 0.872 e. The zero-order valence-corrected chi connectivity index (χ0v) is 37.8. The van der Waals surface area contributed by atoms with Gasteiger partial charge in [0, 0.05) is 39.9 Å². The molecule has 9 heteroatoms. The molecule has 9 rings (SSSR count). The summed E-state index contributed by atoms with van der Waals surface area (Å²) in [6, 6.07) is 64.7. The third kappa shape index (κ3) is 15.1. The fraction of sp³-hybridized carbons (Fsp3) is 0. The summed E-state index contributed by atoms with van der Waals surface area (Å²) in [4.78, 5) is 43.9. The molecule has 0 atom stereocenters. The second-order valence-electron chi connectivity index (χ2n) is 14.0. The zero-order valence-electron chi connectivity index (χ0n) is 35.4. The topological polar surface area (TPSA) is 146 Å². The van der Waals surface area contributed by atoms with Gasteiger partial charge in [0.25, 0.3) is 0 Å². The average molecular weight is 1000 g/mol. The van der Waals surface area contributed by atoms with Gasteiger partial charge in [-0.05, 0) is 47.1 Å². The van der Waals surface area contributed by atoms with Crippen LogP contribution < -0.4 is 15.3 Å². The van der Waals surface area contributed by atoms with Crippen molar-refractivity contribution in [3.63, 3.8) is 0 Å². The molecule has 0 radical (unpaired) electrons. The van der Waals surface area contributed by atoms with Crippen molar-refractivity contribution < 1.29 is 79.1 Å². The van der Waals surface area contributed by atoms with E-state index in [-0.39, 0.29) is 84.0 Å². The summed E-state index contributed by atoms with van der Waals surface area (Å²) in [5, 5.41) is 37.5. The third-order valence-corrected chi connectivity index (χ3v) is 9.48. The van der Waals surface area contributed by atoms with Crippen LogP contribution in [0.3, 0.4) is 0 Å². The van der Waals surface area contributed by atoms with Gasteiger partial charge in [-0.15, -0.1) is 0 Å². The number of carbonyl (C=O) groups excluding carboxylic acids is 3. The first-order chi connectivity index (χ1) is 31.8. The number of aromatic nitrogens is 2. The first kappa shape index (κ1) is 49.6. The Labute approximate surface area is 424 Å². The first-order valence-electron chi connectivity index (χ1n) is 20.5. The maximum atomic E-state index is 11.8. The summed E-state index contributed by atoms with van der Waals surface area (Å²) in [5.74, 6) is -1.59. The van der Waals surface area contributed by atoms with Crippen LogP contribution >= 0.6 is 0 Å². The number of ketones is 3. The molecule has 0 aliphatic carbocycles. The van der Waals surface area contributed by atoms with Gasteiger partial charge in [-0.2, -0.15) is 0 Å². The Kier molecular flexibility index (Phi) is 19.8. The maximum Gasteiger partial charge on any atom is 3.00 e. The van der Waals surface area contributed by atoms with Gasteiger partial charge in [-0.1, -0.05) is 224 Å². The normalized spacial score (nSPS) is 10.9. The molecule has 0 aliphatic rings. The van der Waals surface area contributed by atoms with Crippen LogP contribution in [0.5, 0.6) is 0 Å². The molecular formula is C57H41EuN2O6. The number of pyridine rings is 2. The Morgan fingerprint density at radius 3 is 0.773 bits per heavy atom. The number of hydrogen-bond donors (Lipinski definition) is 0. The van der Waals surface area contributed by atoms with E-state index in [1.54, 1.807) is 158 Å². The predicted molar refractivity (Wildman–Crippen MR) is 253 cm³/mol. The quantitative estimate of drug-likeness (QED) is 0.0602. The van der Waals surface area contributed by atoms with Crippen molar-refractivity contribution in [2.75, 3.05) is 0 Å². The van der Waals surface area contributed by atoms with Gasteiger partial charge in [0.1, 0.15) is 0 Å². The molecule has 0 fully saturated rings. The van der Waals surface area contributed by atoms with E-state index in [2.05, 4.69) is 34.2 Å². The Balaban J connectivity index is 0.000000164. The molecule has 2 aromatic heterocycles. The first-order valence-corrected chi connectivity index (χ1v) is 20.5. The zero-order chi connectivity index (χ0) is 45.6. The van der Waals surface area contributed by atoms with Crippen LogP contribution in [-0.2, 0) is 0 Å². The Hall–Kier alpha value is -7.43. The van der Waals surface area contributed by atoms with E-state index in [1.807, 2.05) is 48.5 Å². The number of hydrogen-bond acceptors (Lipinski definition) is 8. The van der Waals surface area contributed by atoms with E-state index < -0.39 is 0 Å². The number of rotatable bonds is 9. The number of carbonyl (C=O) groups is 3. The van der Waals surface area contributed by atoms with E-state index in [4.69, 9.17) is 0 Å². The number of allylic oxidation sites excluding steroid dienone is 3. The van der Waals surface area contributed by atoms with Crippen LogP contribution in [0.1, 0.15) is 47.8 Å². The number of nitrogens with zero attached hydrogens (tertiary/aromatic N) is 2. The number of benzene rings is 7. The molecule has 7 aromatic carbocycles. The summed E-state index contributed by atoms with van der Waals surface area (Å²) in [7, 11) is 0. The monoisotopic (exact) mass is 1000 g/mol. The largest absolute Gasteiger partial charge is 3.00 e. The molecule has 0 N–H and O–H groups in total. The van der Waals surface area contributed by atoms with Crippen LogP contribution in [0.25, 0.3) is 39.1 Å². The Morgan fingerprint density at radius 1 is 0.303 bits per heavy atom. The van der Waals surface area contributed by atoms with E-state index >= 15 is 0 Å². The van der Waals surface area contributed by atoms with Crippen LogP contribution in [0.2, 0.25) is 0 Å². The van der Waals surface area contributed by atoms with Crippen LogP contribution in [0, 0.1) is 49.4 Å². The second-order valence-corrected chi connectivity index (χ2v) is 14.0. The molecule has 0 unspecified atom stereocenters. The van der Waals surface area contributed by atoms with Gasteiger partial charge in [0.05, 0.1) is 11.0 Å². The summed E-state index contributed by atoms with van der Waals surface area (Å²) >= 11 is 0. The second kappa shape index (κ2) is 26.4. The van der Waals surface area contributed by atoms with Crippen molar-refractivity contribution >= 4 is 56.4 Å². The van der Waals surface area contributed by atoms with Crippen LogP contribution in [0.4, 0.5) is 0 Å². The summed E-state index contributed by atoms with van der Waals surface area (Å²) < 4.78 is 0. The molecule has 0 aliphatic heterocycles. The number of fused-ring (bicyclic) bond motifs is 3. The van der Waals surface area contributed by atoms with Crippen molar-refractivity contribution in [1.82, 2.24) is 9.97 Å². The third-order valence-electron chi connectivity index (χ3n) is 9.48. The van der Waals surface area contributed by atoms with Crippen molar-refractivity contribution in [3.8, 4) is 0 Å². The summed E-state index contributed by atoms with van der Waals surface area (Å²) in [6.07, 6.45) is 6.99. The maximum absolute atomic E-state index is 11.8. The predicted octanol–water partition coefficient (Wildman–Crippen LogP) is 9.60. The average Bonchev–Trinajstić information content (AvgIpc) is 3.38. The molecule has 0 bridgehead atoms. The van der Waals surface area contributed by atoms with Gasteiger partial charge in [0.2, 0.25) is 0 Å². The summed E-state index contributed by atoms with van der Waals surface area (Å²) in [6.45, 7) is 0. The minimum absolute atomic E-state index is 0. The van der Waals surface area contributed by atoms with Crippen molar-refractivity contribution in [1.29, 1.82) is 0 Å². The fourth-order valence-electron chi connectivity index (χ4n) is 6.15. The van der Waals surface area contributed by atoms with Gasteiger partial charge < -0.3 is 15.3 Å². The summed E-state index contributed by atoms with van der Waals surface area (Å²) in [5.41, 5.74) is 5.10. The van der Waals surface area contributed by atoms with Crippen LogP contribution in [-0.4, -0.2) is 27.3 Å². The Morgan fingerprint density at radius 2 is 0.530 bits per heavy atom. The van der Waals surface area contributed by atoms with E-state index in [1.165, 1.54) is 0 Å². The van der Waals surface area contributed by atoms with Gasteiger partial charge in [-0.3, -0.25) is 24.4 Å². The van der Waals surface area contributed by atoms with Crippen molar-refractivity contribution in [2.45, 2.75) is 0 Å². The molecule has 0 spiro atoms. The molecule has 2 heterocycles. The fourth-order valence-corrected chi connectivity index (χ4v) is 6.15. The molecule has 8 nitrogen and oxygen atoms in total. The SMILES string of the molecule is O=C(C=C([O-])c1ccccc1)c1ccccc1.O=C(C=C([O-])c1ccccc1)c1ccccc1.O=C(C=C([O-])c1ccccc1)c1ccccc1.[Eu+3].c1cnc2c(c1)ccc1cccnc12. The molecule has 0 saturated carbocycles. The molecule has 322 valence electrons. The standard InChI is InChI=1S/3C15H12O2.C12H8N2.Eu/c3*16-14(12-7-3-1-4-8-12)11-15(17)13-9-5-2-6-10-13;1-3-9-5-6-10-4-2-8-14-12(10)11(9)13-7-1;/h3*1-11,16H;1-8H;/q;;;;+3/p-3. The minimum atomic E-state index is -0.264. The van der Waals surface area contributed by atoms with Gasteiger partial charge in [-0.25, -0.2) is 0 Å². The molecular weight excluding hydrogens is 961 g/mol. The molecule has 66 heavy (non-hydrogen) atoms. The van der Waals surface area contributed by atoms with E-state index in [9.17, 15) is 29.7 Å². The van der Waals surface area contributed by atoms with Crippen molar-refractivity contribution in [2.24, 2.45) is 0 Å². The van der Waals surface area contributed by atoms with Gasteiger partial charge >= 0.3 is 49.4 Å². The van der Waals surface area contributed by atoms with Crippen LogP contribution in [0.15, 0.2) is 249 Å². The Bertz CT molecular complexity index is 2740.